The molecule has 2 aliphatic heterocycles. The molecule has 2 aromatic heterocycles. The molecule has 3 atom stereocenters. The molecule has 4 heterocycles. The van der Waals surface area contributed by atoms with Gasteiger partial charge < -0.3 is 15.3 Å². The van der Waals surface area contributed by atoms with Crippen molar-refractivity contribution < 1.29 is 9.50 Å². The third-order valence-corrected chi connectivity index (χ3v) is 7.10. The van der Waals surface area contributed by atoms with E-state index in [-0.39, 0.29) is 22.4 Å². The Morgan fingerprint density at radius 2 is 1.88 bits per heavy atom. The Morgan fingerprint density at radius 3 is 2.47 bits per heavy atom. The van der Waals surface area contributed by atoms with Crippen molar-refractivity contribution in [3.63, 3.8) is 0 Å². The summed E-state index contributed by atoms with van der Waals surface area (Å²) in [6.07, 6.45) is 7.63. The van der Waals surface area contributed by atoms with Crippen LogP contribution in [0.3, 0.4) is 0 Å². The monoisotopic (exact) mass is 436 g/mol. The van der Waals surface area contributed by atoms with E-state index in [2.05, 4.69) is 51.4 Å². The molecule has 7 nitrogen and oxygen atoms in total. The number of hydrogen-bond donors (Lipinski definition) is 3. The number of nitrogens with one attached hydrogen (secondary N) is 2. The molecular formula is C24H29FN6O. The first-order chi connectivity index (χ1) is 15.3. The van der Waals surface area contributed by atoms with E-state index < -0.39 is 5.82 Å². The molecular weight excluding hydrogens is 407 g/mol. The Kier molecular flexibility index (Phi) is 4.93. The molecule has 0 radical (unpaired) electrons. The lowest BCUT2D eigenvalue weighted by Crippen LogP contribution is -2.59. The normalized spacial score (nSPS) is 26.9. The number of anilines is 1. The highest BCUT2D eigenvalue weighted by molar-refractivity contribution is 5.74. The van der Waals surface area contributed by atoms with Gasteiger partial charge in [-0.1, -0.05) is 0 Å². The Balaban J connectivity index is 1.41. The summed E-state index contributed by atoms with van der Waals surface area (Å²) in [5.41, 5.74) is 1.93. The van der Waals surface area contributed by atoms with Gasteiger partial charge in [0.25, 0.3) is 0 Å². The lowest BCUT2D eigenvalue weighted by molar-refractivity contribution is 0.205. The highest BCUT2D eigenvalue weighted by atomic mass is 19.1. The van der Waals surface area contributed by atoms with Gasteiger partial charge in [0.05, 0.1) is 11.9 Å². The summed E-state index contributed by atoms with van der Waals surface area (Å²) in [7, 11) is 0. The molecule has 2 bridgehead atoms. The number of fused-ring (bicyclic) bond motifs is 2. The number of piperidine rings is 1. The fourth-order valence-electron chi connectivity index (χ4n) is 5.66. The van der Waals surface area contributed by atoms with Crippen molar-refractivity contribution in [1.29, 1.82) is 0 Å². The SMILES string of the molecule is CCN(c1ccc(-c2cc(F)c(-c3cn[nH]c3)cc2O)nn1)C1C[C@]2(C)CC[C@](C)(C1)N2. The minimum atomic E-state index is -0.452. The van der Waals surface area contributed by atoms with Gasteiger partial charge in [0, 0.05) is 46.6 Å². The summed E-state index contributed by atoms with van der Waals surface area (Å²) in [5.74, 6) is 0.310. The van der Waals surface area contributed by atoms with Crippen LogP contribution in [0.15, 0.2) is 36.7 Å². The van der Waals surface area contributed by atoms with Crippen molar-refractivity contribution in [2.45, 2.75) is 63.6 Å². The average molecular weight is 437 g/mol. The molecule has 2 aliphatic rings. The lowest BCUT2D eigenvalue weighted by atomic mass is 9.84. The van der Waals surface area contributed by atoms with E-state index >= 15 is 0 Å². The summed E-state index contributed by atoms with van der Waals surface area (Å²) in [5, 5.41) is 29.7. The van der Waals surface area contributed by atoms with Crippen LogP contribution in [0.25, 0.3) is 22.4 Å². The van der Waals surface area contributed by atoms with Gasteiger partial charge in [-0.3, -0.25) is 5.10 Å². The van der Waals surface area contributed by atoms with E-state index in [1.54, 1.807) is 12.3 Å². The third kappa shape index (κ3) is 3.62. The quantitative estimate of drug-likeness (QED) is 0.554. The molecule has 2 fully saturated rings. The molecule has 3 aromatic rings. The third-order valence-electron chi connectivity index (χ3n) is 7.10. The molecule has 8 heteroatoms. The average Bonchev–Trinajstić information content (AvgIpc) is 3.36. The number of phenols is 1. The number of aromatic amines is 1. The Morgan fingerprint density at radius 1 is 1.12 bits per heavy atom. The second-order valence-corrected chi connectivity index (χ2v) is 9.71. The van der Waals surface area contributed by atoms with Gasteiger partial charge >= 0.3 is 0 Å². The molecule has 0 spiro atoms. The van der Waals surface area contributed by atoms with Crippen LogP contribution in [-0.2, 0) is 0 Å². The number of aromatic nitrogens is 4. The van der Waals surface area contributed by atoms with Crippen LogP contribution in [0.4, 0.5) is 10.2 Å². The van der Waals surface area contributed by atoms with Crippen LogP contribution in [0.2, 0.25) is 0 Å². The fourth-order valence-corrected chi connectivity index (χ4v) is 5.66. The number of halogens is 1. The van der Waals surface area contributed by atoms with E-state index in [0.29, 0.717) is 22.9 Å². The minimum Gasteiger partial charge on any atom is -0.507 e. The van der Waals surface area contributed by atoms with Crippen molar-refractivity contribution >= 4 is 5.82 Å². The first-order valence-corrected chi connectivity index (χ1v) is 11.2. The molecule has 32 heavy (non-hydrogen) atoms. The molecule has 1 unspecified atom stereocenters. The van der Waals surface area contributed by atoms with Crippen molar-refractivity contribution in [2.24, 2.45) is 0 Å². The number of H-pyrrole nitrogens is 1. The number of aromatic hydroxyl groups is 1. The van der Waals surface area contributed by atoms with Crippen molar-refractivity contribution in [3.8, 4) is 28.1 Å². The second-order valence-electron chi connectivity index (χ2n) is 9.71. The second kappa shape index (κ2) is 7.55. The summed E-state index contributed by atoms with van der Waals surface area (Å²) in [4.78, 5) is 2.32. The first-order valence-electron chi connectivity index (χ1n) is 11.2. The van der Waals surface area contributed by atoms with Gasteiger partial charge in [-0.05, 0) is 70.7 Å². The largest absolute Gasteiger partial charge is 0.507 e. The van der Waals surface area contributed by atoms with Crippen LogP contribution in [0.1, 0.15) is 46.5 Å². The van der Waals surface area contributed by atoms with Crippen LogP contribution in [0.5, 0.6) is 5.75 Å². The van der Waals surface area contributed by atoms with Gasteiger partial charge in [0.15, 0.2) is 5.82 Å². The molecule has 168 valence electrons. The maximum Gasteiger partial charge on any atom is 0.151 e. The van der Waals surface area contributed by atoms with Crippen LogP contribution in [0, 0.1) is 5.82 Å². The Labute approximate surface area is 187 Å². The van der Waals surface area contributed by atoms with Gasteiger partial charge in [-0.15, -0.1) is 10.2 Å². The highest BCUT2D eigenvalue weighted by Gasteiger charge is 2.49. The van der Waals surface area contributed by atoms with Gasteiger partial charge in [0.2, 0.25) is 0 Å². The van der Waals surface area contributed by atoms with E-state index in [1.165, 1.54) is 31.2 Å². The van der Waals surface area contributed by atoms with Crippen molar-refractivity contribution in [2.75, 3.05) is 11.4 Å². The summed E-state index contributed by atoms with van der Waals surface area (Å²) in [6, 6.07) is 6.80. The minimum absolute atomic E-state index is 0.0484. The summed E-state index contributed by atoms with van der Waals surface area (Å²) >= 11 is 0. The van der Waals surface area contributed by atoms with E-state index in [0.717, 1.165) is 25.2 Å². The number of benzene rings is 1. The first kappa shape index (κ1) is 20.9. The van der Waals surface area contributed by atoms with Gasteiger partial charge in [-0.25, -0.2) is 4.39 Å². The number of rotatable bonds is 5. The topological polar surface area (TPSA) is 90.0 Å². The maximum atomic E-state index is 14.7. The highest BCUT2D eigenvalue weighted by Crippen LogP contribution is 2.44. The predicted octanol–water partition coefficient (Wildman–Crippen LogP) is 4.27. The number of phenolic OH excluding ortho intramolecular Hbond substituents is 1. The molecule has 0 saturated carbocycles. The lowest BCUT2D eigenvalue weighted by Gasteiger charge is -2.46. The Bertz CT molecular complexity index is 1100. The van der Waals surface area contributed by atoms with Gasteiger partial charge in [-0.2, -0.15) is 5.10 Å². The van der Waals surface area contributed by atoms with E-state index in [9.17, 15) is 9.50 Å². The van der Waals surface area contributed by atoms with Crippen LogP contribution < -0.4 is 10.2 Å². The van der Waals surface area contributed by atoms with Crippen LogP contribution >= 0.6 is 0 Å². The van der Waals surface area contributed by atoms with E-state index in [4.69, 9.17) is 0 Å². The molecule has 5 rings (SSSR count). The molecule has 0 amide bonds. The fraction of sp³-hybridized carbons (Fsp3) is 0.458. The molecule has 3 N–H and O–H groups in total. The van der Waals surface area contributed by atoms with Crippen LogP contribution in [-0.4, -0.2) is 49.2 Å². The molecule has 0 aliphatic carbocycles. The zero-order valence-corrected chi connectivity index (χ0v) is 18.7. The predicted molar refractivity (Wildman–Crippen MR) is 122 cm³/mol. The smallest absolute Gasteiger partial charge is 0.151 e. The molecule has 1 aromatic carbocycles. The molecule has 2 saturated heterocycles. The van der Waals surface area contributed by atoms with E-state index in [1.807, 2.05) is 6.07 Å². The maximum absolute atomic E-state index is 14.7. The standard InChI is InChI=1S/C24H29FN6O/c1-4-31(16-11-23(2)7-8-24(3,12-16)30-23)22-6-5-20(28-29-22)18-9-19(25)17(10-21(18)32)15-13-26-27-14-15/h5-6,9-10,13-14,16,30,32H,4,7-8,11-12H2,1-3H3,(H,26,27)/t16?,23-,24+. The van der Waals surface area contributed by atoms with Crippen molar-refractivity contribution in [1.82, 2.24) is 25.7 Å². The summed E-state index contributed by atoms with van der Waals surface area (Å²) in [6.45, 7) is 7.61. The van der Waals surface area contributed by atoms with Gasteiger partial charge in [0.1, 0.15) is 11.6 Å². The zero-order chi connectivity index (χ0) is 22.5. The summed E-state index contributed by atoms with van der Waals surface area (Å²) < 4.78 is 14.7. The number of nitrogens with zero attached hydrogens (tertiary/aromatic N) is 4. The number of hydrogen-bond acceptors (Lipinski definition) is 6. The van der Waals surface area contributed by atoms with Crippen molar-refractivity contribution in [3.05, 3.63) is 42.5 Å². The zero-order valence-electron chi connectivity index (χ0n) is 18.7. The Hall–Kier alpha value is -3.00.